The van der Waals surface area contributed by atoms with Gasteiger partial charge >= 0.3 is 5.92 Å². The summed E-state index contributed by atoms with van der Waals surface area (Å²) in [4.78, 5) is 13.4. The molecule has 2 N–H and O–H groups in total. The Morgan fingerprint density at radius 1 is 1.13 bits per heavy atom. The van der Waals surface area contributed by atoms with Crippen LogP contribution in [-0.4, -0.2) is 52.9 Å². The van der Waals surface area contributed by atoms with Gasteiger partial charge in [0.2, 0.25) is 0 Å². The topological polar surface area (TPSA) is 91.3 Å². The van der Waals surface area contributed by atoms with Gasteiger partial charge < -0.3 is 4.98 Å². The molecule has 2 aliphatic rings. The second-order valence-corrected chi connectivity index (χ2v) is 10.5. The van der Waals surface area contributed by atoms with E-state index in [-0.39, 0.29) is 17.1 Å². The Labute approximate surface area is 222 Å². The molecule has 11 heteroatoms. The van der Waals surface area contributed by atoms with Gasteiger partial charge in [0, 0.05) is 31.0 Å². The van der Waals surface area contributed by atoms with Crippen LogP contribution in [0.3, 0.4) is 0 Å². The van der Waals surface area contributed by atoms with Crippen LogP contribution in [-0.2, 0) is 25.9 Å². The molecule has 0 saturated heterocycles. The minimum absolute atomic E-state index is 0.0959. The first-order valence-corrected chi connectivity index (χ1v) is 13.2. The predicted octanol–water partition coefficient (Wildman–Crippen LogP) is 5.28. The molecule has 1 aliphatic carbocycles. The Morgan fingerprint density at radius 3 is 2.74 bits per heavy atom. The average molecular weight is 533 g/mol. The SMILES string of the molecule is CCN1Cc2[nH]c(-c3ccc(-c4nc(Cc5ccc6[nH]ncc6c5C5CC5)n(C)n4)cc3F)nc2C(F)(F)C1. The van der Waals surface area contributed by atoms with Gasteiger partial charge in [0.05, 0.1) is 29.5 Å². The predicted molar refractivity (Wildman–Crippen MR) is 140 cm³/mol. The van der Waals surface area contributed by atoms with Gasteiger partial charge in [0.1, 0.15) is 23.2 Å². The number of likely N-dealkylation sites (N-methyl/N-ethyl adjacent to an activating group) is 1. The Bertz CT molecular complexity index is 1710. The van der Waals surface area contributed by atoms with Crippen molar-refractivity contribution in [3.05, 3.63) is 70.7 Å². The molecule has 1 aliphatic heterocycles. The number of nitrogens with zero attached hydrogens (tertiary/aromatic N) is 6. The van der Waals surface area contributed by atoms with E-state index in [1.165, 1.54) is 30.0 Å². The number of nitrogens with one attached hydrogen (secondary N) is 2. The number of aromatic nitrogens is 7. The fourth-order valence-corrected chi connectivity index (χ4v) is 5.62. The molecule has 200 valence electrons. The van der Waals surface area contributed by atoms with Gasteiger partial charge in [-0.3, -0.25) is 14.7 Å². The van der Waals surface area contributed by atoms with E-state index in [2.05, 4.69) is 31.3 Å². The molecule has 0 bridgehead atoms. The van der Waals surface area contributed by atoms with Gasteiger partial charge in [-0.2, -0.15) is 19.0 Å². The molecular weight excluding hydrogens is 505 g/mol. The molecule has 0 radical (unpaired) electrons. The molecule has 0 unspecified atom stereocenters. The highest BCUT2D eigenvalue weighted by Gasteiger charge is 2.43. The van der Waals surface area contributed by atoms with Crippen LogP contribution >= 0.6 is 0 Å². The summed E-state index contributed by atoms with van der Waals surface area (Å²) in [6.07, 6.45) is 4.81. The van der Waals surface area contributed by atoms with E-state index < -0.39 is 18.3 Å². The third-order valence-electron chi connectivity index (χ3n) is 7.80. The molecule has 1 saturated carbocycles. The maximum Gasteiger partial charge on any atom is 0.303 e. The number of benzene rings is 2. The summed E-state index contributed by atoms with van der Waals surface area (Å²) in [6.45, 7) is 2.25. The first-order valence-electron chi connectivity index (χ1n) is 13.2. The number of hydrogen-bond acceptors (Lipinski definition) is 5. The number of hydrogen-bond donors (Lipinski definition) is 2. The highest BCUT2D eigenvalue weighted by atomic mass is 19.3. The molecule has 8 nitrogen and oxygen atoms in total. The molecule has 3 aromatic heterocycles. The molecule has 2 aromatic carbocycles. The number of H-pyrrole nitrogens is 2. The van der Waals surface area contributed by atoms with E-state index in [4.69, 9.17) is 4.98 Å². The van der Waals surface area contributed by atoms with Crippen LogP contribution in [0.15, 0.2) is 36.5 Å². The van der Waals surface area contributed by atoms with Crippen LogP contribution in [0.5, 0.6) is 0 Å². The van der Waals surface area contributed by atoms with Crippen molar-refractivity contribution in [1.82, 2.24) is 39.8 Å². The van der Waals surface area contributed by atoms with E-state index >= 15 is 4.39 Å². The van der Waals surface area contributed by atoms with Gasteiger partial charge in [-0.25, -0.2) is 14.4 Å². The number of fused-ring (bicyclic) bond motifs is 2. The standard InChI is InChI=1S/C28H27F3N8/c1-3-39-13-22-25(28(30,31)14-39)35-27(33-22)18-8-6-17(10-20(18)29)26-34-23(38(2)37-26)11-16-7-9-21-19(12-32-36-21)24(16)15-4-5-15/h6-10,12,15H,3-5,11,13-14H2,1-2H3,(H,32,36)(H,33,35). The van der Waals surface area contributed by atoms with Crippen LogP contribution in [0.4, 0.5) is 13.2 Å². The molecule has 0 atom stereocenters. The monoisotopic (exact) mass is 532 g/mol. The van der Waals surface area contributed by atoms with Crippen molar-refractivity contribution < 1.29 is 13.2 Å². The minimum Gasteiger partial charge on any atom is -0.340 e. The Morgan fingerprint density at radius 2 is 1.97 bits per heavy atom. The highest BCUT2D eigenvalue weighted by molar-refractivity contribution is 5.84. The number of rotatable bonds is 6. The third kappa shape index (κ3) is 4.12. The van der Waals surface area contributed by atoms with Gasteiger partial charge in [-0.1, -0.05) is 19.1 Å². The zero-order valence-electron chi connectivity index (χ0n) is 21.6. The maximum absolute atomic E-state index is 15.3. The first kappa shape index (κ1) is 24.1. The lowest BCUT2D eigenvalue weighted by molar-refractivity contribution is -0.0548. The number of halogens is 3. The summed E-state index contributed by atoms with van der Waals surface area (Å²) in [5, 5.41) is 13.0. The summed E-state index contributed by atoms with van der Waals surface area (Å²) in [7, 11) is 1.83. The fraction of sp³-hybridized carbons (Fsp3) is 0.357. The summed E-state index contributed by atoms with van der Waals surface area (Å²) in [5.74, 6) is -1.87. The van der Waals surface area contributed by atoms with Crippen LogP contribution < -0.4 is 0 Å². The molecule has 5 aromatic rings. The summed E-state index contributed by atoms with van der Waals surface area (Å²) in [5.41, 5.74) is 4.18. The van der Waals surface area contributed by atoms with Crippen molar-refractivity contribution in [3.63, 3.8) is 0 Å². The quantitative estimate of drug-likeness (QED) is 0.310. The number of imidazole rings is 1. The van der Waals surface area contributed by atoms with E-state index in [1.54, 1.807) is 21.7 Å². The van der Waals surface area contributed by atoms with Crippen LogP contribution in [0.1, 0.15) is 54.0 Å². The van der Waals surface area contributed by atoms with Gasteiger partial charge in [-0.15, -0.1) is 0 Å². The zero-order valence-corrected chi connectivity index (χ0v) is 21.6. The molecule has 39 heavy (non-hydrogen) atoms. The lowest BCUT2D eigenvalue weighted by atomic mass is 9.96. The van der Waals surface area contributed by atoms with Gasteiger partial charge in [-0.05, 0) is 54.6 Å². The van der Waals surface area contributed by atoms with Gasteiger partial charge in [0.25, 0.3) is 0 Å². The van der Waals surface area contributed by atoms with E-state index in [0.29, 0.717) is 42.5 Å². The van der Waals surface area contributed by atoms with Crippen molar-refractivity contribution in [2.75, 3.05) is 13.1 Å². The number of alkyl halides is 2. The van der Waals surface area contributed by atoms with E-state index in [1.807, 2.05) is 26.2 Å². The Kier molecular flexibility index (Phi) is 5.41. The molecule has 0 spiro atoms. The first-order chi connectivity index (χ1) is 18.8. The molecule has 1 fully saturated rings. The second kappa shape index (κ2) is 8.77. The second-order valence-electron chi connectivity index (χ2n) is 10.5. The zero-order chi connectivity index (χ0) is 26.9. The van der Waals surface area contributed by atoms with Crippen molar-refractivity contribution in [1.29, 1.82) is 0 Å². The number of aromatic amines is 2. The fourth-order valence-electron chi connectivity index (χ4n) is 5.62. The average Bonchev–Trinajstić information content (AvgIpc) is 3.28. The van der Waals surface area contributed by atoms with E-state index in [0.717, 1.165) is 16.7 Å². The number of aryl methyl sites for hydroxylation is 1. The van der Waals surface area contributed by atoms with Crippen molar-refractivity contribution in [2.45, 2.75) is 44.6 Å². The summed E-state index contributed by atoms with van der Waals surface area (Å²) >= 11 is 0. The summed E-state index contributed by atoms with van der Waals surface area (Å²) < 4.78 is 46.3. The smallest absolute Gasteiger partial charge is 0.303 e. The Hall–Kier alpha value is -3.99. The van der Waals surface area contributed by atoms with Crippen molar-refractivity contribution in [2.24, 2.45) is 7.05 Å². The lowest BCUT2D eigenvalue weighted by Crippen LogP contribution is -2.40. The highest BCUT2D eigenvalue weighted by Crippen LogP contribution is 2.45. The molecule has 7 rings (SSSR count). The van der Waals surface area contributed by atoms with Crippen LogP contribution in [0.25, 0.3) is 33.7 Å². The normalized spacial score (nSPS) is 17.2. The molecular formula is C28H27F3N8. The minimum atomic E-state index is -3.09. The van der Waals surface area contributed by atoms with E-state index in [9.17, 15) is 8.78 Å². The summed E-state index contributed by atoms with van der Waals surface area (Å²) in [6, 6.07) is 8.72. The molecule has 0 amide bonds. The molecule has 4 heterocycles. The van der Waals surface area contributed by atoms with Crippen LogP contribution in [0.2, 0.25) is 0 Å². The van der Waals surface area contributed by atoms with Crippen molar-refractivity contribution in [3.8, 4) is 22.8 Å². The van der Waals surface area contributed by atoms with Gasteiger partial charge in [0.15, 0.2) is 5.82 Å². The third-order valence-corrected chi connectivity index (χ3v) is 7.80. The largest absolute Gasteiger partial charge is 0.340 e. The maximum atomic E-state index is 15.3. The van der Waals surface area contributed by atoms with Crippen molar-refractivity contribution >= 4 is 10.9 Å². The van der Waals surface area contributed by atoms with Crippen LogP contribution in [0, 0.1) is 5.82 Å². The lowest BCUT2D eigenvalue weighted by Gasteiger charge is -2.30. The Balaban J connectivity index is 1.18.